The van der Waals surface area contributed by atoms with Crippen LogP contribution in [0.5, 0.6) is 0 Å². The van der Waals surface area contributed by atoms with Crippen molar-refractivity contribution in [2.45, 2.75) is 38.1 Å². The highest BCUT2D eigenvalue weighted by molar-refractivity contribution is 5.78. The van der Waals surface area contributed by atoms with Crippen molar-refractivity contribution in [3.8, 4) is 0 Å². The maximum atomic E-state index is 11.6. The molecule has 6 heteroatoms. The van der Waals surface area contributed by atoms with Crippen molar-refractivity contribution in [1.29, 1.82) is 0 Å². The van der Waals surface area contributed by atoms with Crippen molar-refractivity contribution in [3.63, 3.8) is 0 Å². The monoisotopic (exact) mass is 257 g/mol. The summed E-state index contributed by atoms with van der Waals surface area (Å²) >= 11 is 0. The van der Waals surface area contributed by atoms with Crippen molar-refractivity contribution < 1.29 is 14.3 Å². The van der Waals surface area contributed by atoms with Crippen LogP contribution in [0.2, 0.25) is 0 Å². The molecular formula is C12H23N3O3. The lowest BCUT2D eigenvalue weighted by Gasteiger charge is -2.22. The quantitative estimate of drug-likeness (QED) is 0.512. The molecule has 0 aromatic heterocycles. The molecular weight excluding hydrogens is 234 g/mol. The standard InChI is InChI=1S/C12H23N3O3/c13-11(16)9-18-7-6-14-8-12(17)15-10-4-2-1-3-5-10/h10,14H,1-9H2,(H2,13,16)(H,15,17). The highest BCUT2D eigenvalue weighted by Gasteiger charge is 2.14. The smallest absolute Gasteiger partial charge is 0.243 e. The van der Waals surface area contributed by atoms with Gasteiger partial charge in [-0.15, -0.1) is 0 Å². The van der Waals surface area contributed by atoms with Crippen LogP contribution in [0.25, 0.3) is 0 Å². The topological polar surface area (TPSA) is 93.5 Å². The molecule has 4 N–H and O–H groups in total. The van der Waals surface area contributed by atoms with Crippen LogP contribution < -0.4 is 16.4 Å². The fourth-order valence-corrected chi connectivity index (χ4v) is 2.04. The van der Waals surface area contributed by atoms with E-state index in [1.807, 2.05) is 0 Å². The van der Waals surface area contributed by atoms with Crippen LogP contribution in [0.1, 0.15) is 32.1 Å². The van der Waals surface area contributed by atoms with Crippen molar-refractivity contribution in [1.82, 2.24) is 10.6 Å². The third-order valence-corrected chi connectivity index (χ3v) is 2.92. The summed E-state index contributed by atoms with van der Waals surface area (Å²) in [7, 11) is 0. The summed E-state index contributed by atoms with van der Waals surface area (Å²) in [6, 6.07) is 0.346. The zero-order valence-corrected chi connectivity index (χ0v) is 10.7. The number of ether oxygens (including phenoxy) is 1. The number of primary amides is 1. The highest BCUT2D eigenvalue weighted by atomic mass is 16.5. The van der Waals surface area contributed by atoms with Crippen LogP contribution in [-0.4, -0.2) is 44.2 Å². The molecule has 0 aromatic carbocycles. The molecule has 0 unspecified atom stereocenters. The minimum Gasteiger partial charge on any atom is -0.370 e. The summed E-state index contributed by atoms with van der Waals surface area (Å²) in [6.45, 7) is 1.12. The second-order valence-electron chi connectivity index (χ2n) is 4.60. The minimum atomic E-state index is -0.481. The molecule has 1 saturated carbocycles. The van der Waals surface area contributed by atoms with E-state index in [0.29, 0.717) is 19.2 Å². The van der Waals surface area contributed by atoms with Gasteiger partial charge in [-0.05, 0) is 12.8 Å². The summed E-state index contributed by atoms with van der Waals surface area (Å²) in [5.41, 5.74) is 4.91. The molecule has 0 bridgehead atoms. The van der Waals surface area contributed by atoms with Crippen LogP contribution in [0.3, 0.4) is 0 Å². The molecule has 0 radical (unpaired) electrons. The van der Waals surface area contributed by atoms with Crippen molar-refractivity contribution in [3.05, 3.63) is 0 Å². The Morgan fingerprint density at radius 3 is 2.61 bits per heavy atom. The van der Waals surface area contributed by atoms with Gasteiger partial charge < -0.3 is 21.1 Å². The molecule has 1 aliphatic rings. The maximum absolute atomic E-state index is 11.6. The lowest BCUT2D eigenvalue weighted by atomic mass is 9.95. The molecule has 0 saturated heterocycles. The third kappa shape index (κ3) is 7.24. The third-order valence-electron chi connectivity index (χ3n) is 2.92. The second-order valence-corrected chi connectivity index (χ2v) is 4.60. The predicted octanol–water partition coefficient (Wildman–Crippen LogP) is -0.473. The first-order valence-corrected chi connectivity index (χ1v) is 6.54. The Balaban J connectivity index is 1.94. The van der Waals surface area contributed by atoms with Gasteiger partial charge in [-0.25, -0.2) is 0 Å². The maximum Gasteiger partial charge on any atom is 0.243 e. The SMILES string of the molecule is NC(=O)COCCNCC(=O)NC1CCCCC1. The molecule has 0 heterocycles. The normalized spacial score (nSPS) is 16.4. The van der Waals surface area contributed by atoms with Gasteiger partial charge in [-0.1, -0.05) is 19.3 Å². The second kappa shape index (κ2) is 8.88. The van der Waals surface area contributed by atoms with Gasteiger partial charge in [0.2, 0.25) is 11.8 Å². The fourth-order valence-electron chi connectivity index (χ4n) is 2.04. The average molecular weight is 257 g/mol. The number of nitrogens with one attached hydrogen (secondary N) is 2. The van der Waals surface area contributed by atoms with Crippen LogP contribution in [0.4, 0.5) is 0 Å². The highest BCUT2D eigenvalue weighted by Crippen LogP contribution is 2.16. The Labute approximate surface area is 108 Å². The van der Waals surface area contributed by atoms with Crippen LogP contribution in [0.15, 0.2) is 0 Å². The van der Waals surface area contributed by atoms with Crippen molar-refractivity contribution >= 4 is 11.8 Å². The lowest BCUT2D eigenvalue weighted by molar-refractivity contribution is -0.123. The van der Waals surface area contributed by atoms with E-state index in [1.165, 1.54) is 19.3 Å². The van der Waals surface area contributed by atoms with Gasteiger partial charge in [-0.2, -0.15) is 0 Å². The first kappa shape index (κ1) is 14.9. The van der Waals surface area contributed by atoms with Crippen molar-refractivity contribution in [2.24, 2.45) is 5.73 Å². The number of hydrogen-bond acceptors (Lipinski definition) is 4. The van der Waals surface area contributed by atoms with Gasteiger partial charge in [0.15, 0.2) is 0 Å². The Kier molecular flexibility index (Phi) is 7.36. The van der Waals surface area contributed by atoms with E-state index in [9.17, 15) is 9.59 Å². The lowest BCUT2D eigenvalue weighted by Crippen LogP contribution is -2.41. The molecule has 0 aliphatic heterocycles. The molecule has 0 spiro atoms. The number of nitrogens with two attached hydrogens (primary N) is 1. The van der Waals surface area contributed by atoms with E-state index >= 15 is 0 Å². The Hall–Kier alpha value is -1.14. The minimum absolute atomic E-state index is 0.0248. The summed E-state index contributed by atoms with van der Waals surface area (Å²) in [4.78, 5) is 21.9. The Bertz CT molecular complexity index is 265. The van der Waals surface area contributed by atoms with Crippen LogP contribution in [0, 0.1) is 0 Å². The van der Waals surface area contributed by atoms with E-state index in [1.54, 1.807) is 0 Å². The van der Waals surface area contributed by atoms with Crippen LogP contribution in [-0.2, 0) is 14.3 Å². The van der Waals surface area contributed by atoms with Gasteiger partial charge in [-0.3, -0.25) is 9.59 Å². The zero-order valence-electron chi connectivity index (χ0n) is 10.7. The molecule has 104 valence electrons. The summed E-state index contributed by atoms with van der Waals surface area (Å²) in [5, 5.41) is 5.97. The first-order valence-electron chi connectivity index (χ1n) is 6.54. The summed E-state index contributed by atoms with van der Waals surface area (Å²) < 4.78 is 4.96. The van der Waals surface area contributed by atoms with Gasteiger partial charge in [0, 0.05) is 12.6 Å². The molecule has 1 fully saturated rings. The van der Waals surface area contributed by atoms with E-state index in [0.717, 1.165) is 12.8 Å². The number of carbonyl (C=O) groups is 2. The molecule has 0 atom stereocenters. The number of hydrogen-bond donors (Lipinski definition) is 3. The van der Waals surface area contributed by atoms with E-state index in [4.69, 9.17) is 10.5 Å². The molecule has 1 aliphatic carbocycles. The number of amides is 2. The molecule has 0 aromatic rings. The van der Waals surface area contributed by atoms with Crippen molar-refractivity contribution in [2.75, 3.05) is 26.3 Å². The van der Waals surface area contributed by atoms with Gasteiger partial charge >= 0.3 is 0 Å². The molecule has 18 heavy (non-hydrogen) atoms. The average Bonchev–Trinajstić information content (AvgIpc) is 2.34. The van der Waals surface area contributed by atoms with Gasteiger partial charge in [0.05, 0.1) is 13.2 Å². The van der Waals surface area contributed by atoms with E-state index in [-0.39, 0.29) is 19.1 Å². The Morgan fingerprint density at radius 2 is 1.94 bits per heavy atom. The first-order chi connectivity index (χ1) is 8.68. The van der Waals surface area contributed by atoms with Crippen LogP contribution >= 0.6 is 0 Å². The molecule has 1 rings (SSSR count). The fraction of sp³-hybridized carbons (Fsp3) is 0.833. The number of carbonyl (C=O) groups excluding carboxylic acids is 2. The molecule has 6 nitrogen and oxygen atoms in total. The number of rotatable bonds is 8. The van der Waals surface area contributed by atoms with Gasteiger partial charge in [0.25, 0.3) is 0 Å². The largest absolute Gasteiger partial charge is 0.370 e. The van der Waals surface area contributed by atoms with E-state index < -0.39 is 5.91 Å². The summed E-state index contributed by atoms with van der Waals surface area (Å²) in [5.74, 6) is -0.457. The Morgan fingerprint density at radius 1 is 1.22 bits per heavy atom. The molecule has 2 amide bonds. The summed E-state index contributed by atoms with van der Waals surface area (Å²) in [6.07, 6.45) is 5.88. The van der Waals surface area contributed by atoms with Gasteiger partial charge in [0.1, 0.15) is 6.61 Å². The zero-order chi connectivity index (χ0) is 13.2. The predicted molar refractivity (Wildman–Crippen MR) is 67.9 cm³/mol. The van der Waals surface area contributed by atoms with E-state index in [2.05, 4.69) is 10.6 Å².